The smallest absolute Gasteiger partial charge is 0.0677 e. The highest BCUT2D eigenvalue weighted by Crippen LogP contribution is 2.62. The molecule has 2 aromatic rings. The summed E-state index contributed by atoms with van der Waals surface area (Å²) in [6.07, 6.45) is 3.13. The largest absolute Gasteiger partial charge is 0.390 e. The molecule has 2 aromatic carbocycles. The molecule has 25 heavy (non-hydrogen) atoms. The number of benzene rings is 2. The minimum atomic E-state index is -0.651. The van der Waals surface area contributed by atoms with Crippen LogP contribution in [0.4, 0.5) is 0 Å². The van der Waals surface area contributed by atoms with E-state index in [1.54, 1.807) is 0 Å². The Kier molecular flexibility index (Phi) is 4.01. The van der Waals surface area contributed by atoms with Crippen molar-refractivity contribution in [1.29, 1.82) is 0 Å². The lowest BCUT2D eigenvalue weighted by atomic mass is 9.48. The molecule has 0 aliphatic heterocycles. The first-order chi connectivity index (χ1) is 11.9. The van der Waals surface area contributed by atoms with Gasteiger partial charge in [0.25, 0.3) is 0 Å². The summed E-state index contributed by atoms with van der Waals surface area (Å²) in [4.78, 5) is 2.38. The van der Waals surface area contributed by atoms with E-state index in [1.165, 1.54) is 11.1 Å². The summed E-state index contributed by atoms with van der Waals surface area (Å²) in [5.41, 5.74) is 2.15. The van der Waals surface area contributed by atoms with Gasteiger partial charge in [-0.2, -0.15) is 0 Å². The highest BCUT2D eigenvalue weighted by molar-refractivity contribution is 5.33. The maximum absolute atomic E-state index is 11.5. The maximum atomic E-state index is 11.5. The van der Waals surface area contributed by atoms with Crippen LogP contribution in [0.5, 0.6) is 0 Å². The third-order valence-electron chi connectivity index (χ3n) is 6.88. The van der Waals surface area contributed by atoms with Gasteiger partial charge >= 0.3 is 0 Å². The average molecular weight is 335 g/mol. The summed E-state index contributed by atoms with van der Waals surface area (Å²) in [5, 5.41) is 11.5. The quantitative estimate of drug-likeness (QED) is 0.897. The molecule has 2 nitrogen and oxygen atoms in total. The molecule has 3 atom stereocenters. The molecule has 3 fully saturated rings. The molecule has 2 bridgehead atoms. The van der Waals surface area contributed by atoms with Crippen LogP contribution >= 0.6 is 0 Å². The van der Waals surface area contributed by atoms with Crippen LogP contribution in [0.3, 0.4) is 0 Å². The van der Waals surface area contributed by atoms with Crippen molar-refractivity contribution in [3.63, 3.8) is 0 Å². The summed E-state index contributed by atoms with van der Waals surface area (Å²) >= 11 is 0. The van der Waals surface area contributed by atoms with Gasteiger partial charge in [0.15, 0.2) is 0 Å². The first-order valence-electron chi connectivity index (χ1n) is 9.43. The van der Waals surface area contributed by atoms with E-state index in [0.29, 0.717) is 11.8 Å². The van der Waals surface area contributed by atoms with Gasteiger partial charge in [0.1, 0.15) is 0 Å². The van der Waals surface area contributed by atoms with Crippen molar-refractivity contribution in [2.45, 2.75) is 49.2 Å². The lowest BCUT2D eigenvalue weighted by Gasteiger charge is -2.63. The summed E-state index contributed by atoms with van der Waals surface area (Å²) in [6.45, 7) is 2.07. The Labute approximate surface area is 151 Å². The number of hydrogen-bond donors (Lipinski definition) is 1. The van der Waals surface area contributed by atoms with Crippen LogP contribution < -0.4 is 0 Å². The van der Waals surface area contributed by atoms with E-state index >= 15 is 0 Å². The highest BCUT2D eigenvalue weighted by Gasteiger charge is 2.60. The topological polar surface area (TPSA) is 23.5 Å². The van der Waals surface area contributed by atoms with Crippen molar-refractivity contribution in [2.75, 3.05) is 14.1 Å². The van der Waals surface area contributed by atoms with Crippen LogP contribution in [-0.2, 0) is 0 Å². The van der Waals surface area contributed by atoms with Crippen molar-refractivity contribution in [2.24, 2.45) is 5.92 Å². The van der Waals surface area contributed by atoms with Crippen LogP contribution in [-0.4, -0.2) is 35.2 Å². The number of aliphatic hydroxyl groups is 1. The molecule has 3 aliphatic carbocycles. The molecule has 3 saturated carbocycles. The first-order valence-corrected chi connectivity index (χ1v) is 9.43. The number of nitrogens with zero attached hydrogens (tertiary/aromatic N) is 1. The molecule has 1 N–H and O–H groups in total. The van der Waals surface area contributed by atoms with Gasteiger partial charge in [0.2, 0.25) is 0 Å². The minimum absolute atomic E-state index is 0.0548. The van der Waals surface area contributed by atoms with Gasteiger partial charge in [-0.05, 0) is 63.2 Å². The second-order valence-corrected chi connectivity index (χ2v) is 8.62. The monoisotopic (exact) mass is 335 g/mol. The van der Waals surface area contributed by atoms with E-state index in [2.05, 4.69) is 86.6 Å². The summed E-state index contributed by atoms with van der Waals surface area (Å²) in [7, 11) is 4.37. The van der Waals surface area contributed by atoms with Gasteiger partial charge in [-0.3, -0.25) is 0 Å². The van der Waals surface area contributed by atoms with Crippen LogP contribution in [0.2, 0.25) is 0 Å². The molecule has 0 saturated heterocycles. The van der Waals surface area contributed by atoms with Crippen LogP contribution in [0.25, 0.3) is 0 Å². The predicted octanol–water partition coefficient (Wildman–Crippen LogP) is 4.42. The Hall–Kier alpha value is -1.64. The fourth-order valence-electron chi connectivity index (χ4n) is 5.81. The van der Waals surface area contributed by atoms with Gasteiger partial charge in [0, 0.05) is 11.5 Å². The number of fused-ring (bicyclic) bond motifs is 3. The molecule has 5 rings (SSSR count). The minimum Gasteiger partial charge on any atom is -0.390 e. The van der Waals surface area contributed by atoms with Crippen LogP contribution in [0.1, 0.15) is 49.1 Å². The van der Waals surface area contributed by atoms with Crippen molar-refractivity contribution >= 4 is 0 Å². The molecule has 0 unspecified atom stereocenters. The van der Waals surface area contributed by atoms with Gasteiger partial charge < -0.3 is 10.0 Å². The van der Waals surface area contributed by atoms with E-state index in [9.17, 15) is 5.11 Å². The Bertz CT molecular complexity index is 673. The molecule has 3 aliphatic rings. The Morgan fingerprint density at radius 2 is 1.28 bits per heavy atom. The van der Waals surface area contributed by atoms with E-state index in [-0.39, 0.29) is 11.5 Å². The van der Waals surface area contributed by atoms with Gasteiger partial charge in [-0.15, -0.1) is 0 Å². The SMILES string of the molecule is CN(C)C12C[C@@H](c3ccccc3)C([C@H](c3ccccc3)C1)[C@@](C)(O)C2. The molecule has 132 valence electrons. The van der Waals surface area contributed by atoms with Gasteiger partial charge in [-0.25, -0.2) is 0 Å². The van der Waals surface area contributed by atoms with Crippen LogP contribution in [0, 0.1) is 5.92 Å². The normalized spacial score (nSPS) is 37.4. The van der Waals surface area contributed by atoms with E-state index in [4.69, 9.17) is 0 Å². The summed E-state index contributed by atoms with van der Waals surface area (Å²) in [5.74, 6) is 1.05. The molecular weight excluding hydrogens is 306 g/mol. The molecule has 0 heterocycles. The molecule has 0 amide bonds. The van der Waals surface area contributed by atoms with Gasteiger partial charge in [0.05, 0.1) is 5.60 Å². The lowest BCUT2D eigenvalue weighted by Crippen LogP contribution is -2.65. The molecule has 0 radical (unpaired) electrons. The second-order valence-electron chi connectivity index (χ2n) is 8.62. The van der Waals surface area contributed by atoms with Crippen LogP contribution in [0.15, 0.2) is 60.7 Å². The fourth-order valence-corrected chi connectivity index (χ4v) is 5.81. The Balaban J connectivity index is 1.85. The van der Waals surface area contributed by atoms with Crippen molar-refractivity contribution in [3.8, 4) is 0 Å². The average Bonchev–Trinajstić information content (AvgIpc) is 2.62. The number of hydrogen-bond acceptors (Lipinski definition) is 2. The zero-order chi connectivity index (χ0) is 17.7. The Morgan fingerprint density at radius 3 is 1.68 bits per heavy atom. The lowest BCUT2D eigenvalue weighted by molar-refractivity contribution is -0.150. The van der Waals surface area contributed by atoms with Crippen molar-refractivity contribution in [1.82, 2.24) is 4.90 Å². The number of rotatable bonds is 3. The Morgan fingerprint density at radius 1 is 0.840 bits per heavy atom. The third-order valence-corrected chi connectivity index (χ3v) is 6.88. The highest BCUT2D eigenvalue weighted by atomic mass is 16.3. The second kappa shape index (κ2) is 5.96. The van der Waals surface area contributed by atoms with Crippen molar-refractivity contribution in [3.05, 3.63) is 71.8 Å². The first kappa shape index (κ1) is 16.8. The molecule has 0 aromatic heterocycles. The van der Waals surface area contributed by atoms with E-state index in [0.717, 1.165) is 19.3 Å². The summed E-state index contributed by atoms with van der Waals surface area (Å²) < 4.78 is 0. The van der Waals surface area contributed by atoms with E-state index < -0.39 is 5.60 Å². The molecule has 0 spiro atoms. The maximum Gasteiger partial charge on any atom is 0.0677 e. The zero-order valence-corrected chi connectivity index (χ0v) is 15.5. The van der Waals surface area contributed by atoms with Crippen molar-refractivity contribution < 1.29 is 5.11 Å². The standard InChI is InChI=1S/C23H29NO/c1-22(25)16-23(24(2)3)14-19(17-10-6-4-7-11-17)21(22)20(15-23)18-12-8-5-9-13-18/h4-13,19-21,25H,14-16H2,1-3H3/t19-,20-,21?,22-,23?/m0/s1. The third kappa shape index (κ3) is 2.72. The van der Waals surface area contributed by atoms with Gasteiger partial charge in [-0.1, -0.05) is 60.7 Å². The zero-order valence-electron chi connectivity index (χ0n) is 15.5. The fraction of sp³-hybridized carbons (Fsp3) is 0.478. The van der Waals surface area contributed by atoms with E-state index in [1.807, 2.05) is 0 Å². The molecule has 2 heteroatoms. The summed E-state index contributed by atoms with van der Waals surface area (Å²) in [6, 6.07) is 21.7. The molecular formula is C23H29NO. The predicted molar refractivity (Wildman–Crippen MR) is 103 cm³/mol.